The number of halogens is 1. The Morgan fingerprint density at radius 3 is 2.71 bits per heavy atom. The molecule has 0 amide bonds. The van der Waals surface area contributed by atoms with Crippen LogP contribution in [-0.2, 0) is 12.8 Å². The summed E-state index contributed by atoms with van der Waals surface area (Å²) in [4.78, 5) is 0. The Morgan fingerprint density at radius 1 is 1.19 bits per heavy atom. The van der Waals surface area contributed by atoms with Crippen molar-refractivity contribution in [2.24, 2.45) is 0 Å². The van der Waals surface area contributed by atoms with Crippen LogP contribution in [0.15, 0.2) is 39.6 Å². The van der Waals surface area contributed by atoms with Crippen LogP contribution in [0.1, 0.15) is 54.5 Å². The monoisotopic (exact) mass is 347 g/mol. The van der Waals surface area contributed by atoms with Gasteiger partial charge in [0, 0.05) is 5.56 Å². The Bertz CT molecular complexity index is 605. The minimum Gasteiger partial charge on any atom is -0.457 e. The SMILES string of the molecule is CCCNC(c1ccc2c(c1)CCCC2)c1ccoc1Br. The zero-order chi connectivity index (χ0) is 14.7. The molecule has 1 aliphatic carbocycles. The average molecular weight is 348 g/mol. The lowest BCUT2D eigenvalue weighted by Gasteiger charge is -2.22. The van der Waals surface area contributed by atoms with Gasteiger partial charge in [-0.05, 0) is 77.3 Å². The van der Waals surface area contributed by atoms with Gasteiger partial charge >= 0.3 is 0 Å². The highest BCUT2D eigenvalue weighted by Gasteiger charge is 2.20. The van der Waals surface area contributed by atoms with E-state index in [4.69, 9.17) is 4.42 Å². The second-order valence-electron chi connectivity index (χ2n) is 5.77. The summed E-state index contributed by atoms with van der Waals surface area (Å²) >= 11 is 3.52. The van der Waals surface area contributed by atoms with E-state index < -0.39 is 0 Å². The van der Waals surface area contributed by atoms with Gasteiger partial charge in [0.1, 0.15) is 0 Å². The molecule has 1 N–H and O–H groups in total. The molecule has 2 nitrogen and oxygen atoms in total. The minimum atomic E-state index is 0.199. The van der Waals surface area contributed by atoms with Crippen molar-refractivity contribution in [1.82, 2.24) is 5.32 Å². The molecule has 3 rings (SSSR count). The highest BCUT2D eigenvalue weighted by molar-refractivity contribution is 9.10. The number of hydrogen-bond acceptors (Lipinski definition) is 2. The molecule has 0 radical (unpaired) electrons. The molecule has 1 aromatic carbocycles. The van der Waals surface area contributed by atoms with E-state index in [-0.39, 0.29) is 6.04 Å². The van der Waals surface area contributed by atoms with E-state index in [1.165, 1.54) is 47.9 Å². The van der Waals surface area contributed by atoms with Crippen molar-refractivity contribution >= 4 is 15.9 Å². The smallest absolute Gasteiger partial charge is 0.174 e. The van der Waals surface area contributed by atoms with Gasteiger partial charge in [-0.15, -0.1) is 0 Å². The summed E-state index contributed by atoms with van der Waals surface area (Å²) in [5.41, 5.74) is 5.58. The maximum absolute atomic E-state index is 5.44. The average Bonchev–Trinajstić information content (AvgIpc) is 2.94. The van der Waals surface area contributed by atoms with Crippen LogP contribution in [0.2, 0.25) is 0 Å². The molecule has 1 atom stereocenters. The molecular weight excluding hydrogens is 326 g/mol. The molecule has 1 unspecified atom stereocenters. The number of aryl methyl sites for hydroxylation is 2. The lowest BCUT2D eigenvalue weighted by atomic mass is 9.88. The first-order valence-corrected chi connectivity index (χ1v) is 8.67. The summed E-state index contributed by atoms with van der Waals surface area (Å²) in [6.07, 6.45) is 7.97. The van der Waals surface area contributed by atoms with Gasteiger partial charge in [-0.25, -0.2) is 0 Å². The summed E-state index contributed by atoms with van der Waals surface area (Å²) < 4.78 is 6.26. The Hall–Kier alpha value is -1.06. The molecule has 0 spiro atoms. The number of furan rings is 1. The molecule has 1 aliphatic rings. The maximum Gasteiger partial charge on any atom is 0.174 e. The Labute approximate surface area is 135 Å². The second-order valence-corrected chi connectivity index (χ2v) is 6.49. The normalized spacial score (nSPS) is 15.7. The molecule has 0 fully saturated rings. The van der Waals surface area contributed by atoms with Crippen molar-refractivity contribution in [3.05, 3.63) is 57.5 Å². The van der Waals surface area contributed by atoms with Gasteiger partial charge in [0.15, 0.2) is 4.67 Å². The van der Waals surface area contributed by atoms with E-state index in [1.807, 2.05) is 0 Å². The van der Waals surface area contributed by atoms with Crippen LogP contribution in [0.25, 0.3) is 0 Å². The number of benzene rings is 1. The second kappa shape index (κ2) is 6.80. The van der Waals surface area contributed by atoms with Crippen LogP contribution in [0.5, 0.6) is 0 Å². The standard InChI is InChI=1S/C18H22BrNO/c1-2-10-20-17(16-9-11-21-18(16)19)15-8-7-13-5-3-4-6-14(13)12-15/h7-9,11-12,17,20H,2-6,10H2,1H3. The van der Waals surface area contributed by atoms with Gasteiger partial charge < -0.3 is 9.73 Å². The minimum absolute atomic E-state index is 0.199. The summed E-state index contributed by atoms with van der Waals surface area (Å²) in [5, 5.41) is 3.65. The fourth-order valence-electron chi connectivity index (χ4n) is 3.14. The molecule has 0 bridgehead atoms. The Balaban J connectivity index is 1.94. The van der Waals surface area contributed by atoms with Crippen LogP contribution in [0.3, 0.4) is 0 Å². The van der Waals surface area contributed by atoms with Crippen molar-refractivity contribution in [2.75, 3.05) is 6.54 Å². The van der Waals surface area contributed by atoms with E-state index in [0.717, 1.165) is 17.6 Å². The largest absolute Gasteiger partial charge is 0.457 e. The molecule has 0 saturated carbocycles. The fourth-order valence-corrected chi connectivity index (χ4v) is 3.61. The third-order valence-electron chi connectivity index (χ3n) is 4.26. The molecular formula is C18H22BrNO. The van der Waals surface area contributed by atoms with Gasteiger partial charge in [0.05, 0.1) is 12.3 Å². The van der Waals surface area contributed by atoms with Crippen LogP contribution < -0.4 is 5.32 Å². The Kier molecular flexibility index (Phi) is 4.81. The summed E-state index contributed by atoms with van der Waals surface area (Å²) in [7, 11) is 0. The first-order chi connectivity index (χ1) is 10.3. The number of hydrogen-bond donors (Lipinski definition) is 1. The van der Waals surface area contributed by atoms with E-state index >= 15 is 0 Å². The molecule has 3 heteroatoms. The Morgan fingerprint density at radius 2 is 2.00 bits per heavy atom. The topological polar surface area (TPSA) is 25.2 Å². The van der Waals surface area contributed by atoms with Crippen molar-refractivity contribution in [1.29, 1.82) is 0 Å². The number of fused-ring (bicyclic) bond motifs is 1. The highest BCUT2D eigenvalue weighted by atomic mass is 79.9. The summed E-state index contributed by atoms with van der Waals surface area (Å²) in [6.45, 7) is 3.20. The van der Waals surface area contributed by atoms with Gasteiger partial charge in [-0.2, -0.15) is 0 Å². The highest BCUT2D eigenvalue weighted by Crippen LogP contribution is 2.32. The zero-order valence-electron chi connectivity index (χ0n) is 12.5. The van der Waals surface area contributed by atoms with Gasteiger partial charge in [0.2, 0.25) is 0 Å². The molecule has 0 aliphatic heterocycles. The lowest BCUT2D eigenvalue weighted by molar-refractivity contribution is 0.523. The quantitative estimate of drug-likeness (QED) is 0.822. The zero-order valence-corrected chi connectivity index (χ0v) is 14.1. The first kappa shape index (κ1) is 14.9. The maximum atomic E-state index is 5.44. The van der Waals surface area contributed by atoms with E-state index in [9.17, 15) is 0 Å². The third-order valence-corrected chi connectivity index (χ3v) is 4.91. The molecule has 0 saturated heterocycles. The molecule has 2 aromatic rings. The van der Waals surface area contributed by atoms with Gasteiger partial charge in [-0.3, -0.25) is 0 Å². The molecule has 1 aromatic heterocycles. The molecule has 112 valence electrons. The van der Waals surface area contributed by atoms with Crippen molar-refractivity contribution in [3.63, 3.8) is 0 Å². The van der Waals surface area contributed by atoms with E-state index in [2.05, 4.69) is 52.4 Å². The van der Waals surface area contributed by atoms with Crippen molar-refractivity contribution in [2.45, 2.75) is 45.1 Å². The van der Waals surface area contributed by atoms with Crippen molar-refractivity contribution < 1.29 is 4.42 Å². The first-order valence-electron chi connectivity index (χ1n) is 7.87. The summed E-state index contributed by atoms with van der Waals surface area (Å²) in [6, 6.07) is 9.23. The van der Waals surface area contributed by atoms with Gasteiger partial charge in [-0.1, -0.05) is 25.1 Å². The molecule has 1 heterocycles. The van der Waals surface area contributed by atoms with Gasteiger partial charge in [0.25, 0.3) is 0 Å². The van der Waals surface area contributed by atoms with E-state index in [0.29, 0.717) is 0 Å². The van der Waals surface area contributed by atoms with Crippen LogP contribution in [-0.4, -0.2) is 6.54 Å². The van der Waals surface area contributed by atoms with Crippen LogP contribution in [0, 0.1) is 0 Å². The number of rotatable bonds is 5. The van der Waals surface area contributed by atoms with Crippen LogP contribution in [0.4, 0.5) is 0 Å². The predicted octanol–water partition coefficient (Wildman–Crippen LogP) is 5.01. The summed E-state index contributed by atoms with van der Waals surface area (Å²) in [5.74, 6) is 0. The van der Waals surface area contributed by atoms with Crippen LogP contribution >= 0.6 is 15.9 Å². The third kappa shape index (κ3) is 3.24. The predicted molar refractivity (Wildman–Crippen MR) is 89.6 cm³/mol. The molecule has 21 heavy (non-hydrogen) atoms. The number of nitrogens with one attached hydrogen (secondary N) is 1. The van der Waals surface area contributed by atoms with Crippen molar-refractivity contribution in [3.8, 4) is 0 Å². The lowest BCUT2D eigenvalue weighted by Crippen LogP contribution is -2.23. The fraction of sp³-hybridized carbons (Fsp3) is 0.444. The van der Waals surface area contributed by atoms with E-state index in [1.54, 1.807) is 6.26 Å².